The van der Waals surface area contributed by atoms with Crippen molar-refractivity contribution in [3.8, 4) is 0 Å². The summed E-state index contributed by atoms with van der Waals surface area (Å²) in [5.74, 6) is 1.46. The first-order valence-corrected chi connectivity index (χ1v) is 7.02. The summed E-state index contributed by atoms with van der Waals surface area (Å²) < 4.78 is 7.57. The average molecular weight is 260 g/mol. The van der Waals surface area contributed by atoms with E-state index in [2.05, 4.69) is 39.2 Å². The van der Waals surface area contributed by atoms with Crippen molar-refractivity contribution in [3.05, 3.63) is 36.2 Å². The molecule has 0 spiro atoms. The average Bonchev–Trinajstić information content (AvgIpc) is 3.11. The molecule has 19 heavy (non-hydrogen) atoms. The Morgan fingerprint density at radius 3 is 2.63 bits per heavy atom. The SMILES string of the molecule is NCCc1nc(C2(n3cccc3)CCCCC2)no1. The molecule has 1 saturated carbocycles. The molecule has 2 aromatic heterocycles. The number of aromatic nitrogens is 3. The van der Waals surface area contributed by atoms with Crippen LogP contribution in [0.15, 0.2) is 29.0 Å². The second-order valence-electron chi connectivity index (χ2n) is 5.23. The van der Waals surface area contributed by atoms with Crippen LogP contribution >= 0.6 is 0 Å². The van der Waals surface area contributed by atoms with Crippen LogP contribution in [-0.4, -0.2) is 21.3 Å². The maximum absolute atomic E-state index is 5.54. The second kappa shape index (κ2) is 5.17. The van der Waals surface area contributed by atoms with Crippen LogP contribution in [0, 0.1) is 0 Å². The van der Waals surface area contributed by atoms with Crippen LogP contribution in [0.25, 0.3) is 0 Å². The van der Waals surface area contributed by atoms with Crippen molar-refractivity contribution in [1.29, 1.82) is 0 Å². The van der Waals surface area contributed by atoms with Gasteiger partial charge in [0.15, 0.2) is 5.82 Å². The Kier molecular flexibility index (Phi) is 3.38. The van der Waals surface area contributed by atoms with Crippen molar-refractivity contribution in [3.63, 3.8) is 0 Å². The lowest BCUT2D eigenvalue weighted by atomic mass is 9.80. The fourth-order valence-electron chi connectivity index (χ4n) is 3.02. The molecule has 0 bridgehead atoms. The molecule has 102 valence electrons. The summed E-state index contributed by atoms with van der Waals surface area (Å²) in [5.41, 5.74) is 5.42. The van der Waals surface area contributed by atoms with Crippen molar-refractivity contribution in [2.45, 2.75) is 44.1 Å². The molecule has 0 saturated heterocycles. The van der Waals surface area contributed by atoms with E-state index in [-0.39, 0.29) is 5.54 Å². The van der Waals surface area contributed by atoms with Gasteiger partial charge in [0.25, 0.3) is 0 Å². The second-order valence-corrected chi connectivity index (χ2v) is 5.23. The molecule has 0 aromatic carbocycles. The fraction of sp³-hybridized carbons (Fsp3) is 0.571. The van der Waals surface area contributed by atoms with Crippen molar-refractivity contribution >= 4 is 0 Å². The highest BCUT2D eigenvalue weighted by Crippen LogP contribution is 2.39. The highest BCUT2D eigenvalue weighted by molar-refractivity contribution is 5.13. The zero-order valence-corrected chi connectivity index (χ0v) is 11.1. The Morgan fingerprint density at radius 1 is 1.21 bits per heavy atom. The molecule has 0 radical (unpaired) electrons. The van der Waals surface area contributed by atoms with Crippen molar-refractivity contribution in [2.75, 3.05) is 6.54 Å². The molecule has 2 heterocycles. The lowest BCUT2D eigenvalue weighted by Gasteiger charge is -2.36. The number of hydrogen-bond acceptors (Lipinski definition) is 4. The normalized spacial score (nSPS) is 18.6. The van der Waals surface area contributed by atoms with Crippen molar-refractivity contribution < 1.29 is 4.52 Å². The van der Waals surface area contributed by atoms with Gasteiger partial charge in [-0.05, 0) is 25.0 Å². The molecule has 0 aliphatic heterocycles. The smallest absolute Gasteiger partial charge is 0.228 e. The van der Waals surface area contributed by atoms with Gasteiger partial charge in [-0.25, -0.2) is 0 Å². The van der Waals surface area contributed by atoms with E-state index < -0.39 is 0 Å². The predicted molar refractivity (Wildman–Crippen MR) is 71.6 cm³/mol. The third kappa shape index (κ3) is 2.18. The summed E-state index contributed by atoms with van der Waals surface area (Å²) in [5, 5.41) is 4.22. The number of nitrogens with zero attached hydrogens (tertiary/aromatic N) is 3. The fourth-order valence-corrected chi connectivity index (χ4v) is 3.02. The lowest BCUT2D eigenvalue weighted by Crippen LogP contribution is -2.37. The van der Waals surface area contributed by atoms with E-state index in [1.165, 1.54) is 19.3 Å². The zero-order chi connectivity index (χ0) is 13.1. The number of hydrogen-bond donors (Lipinski definition) is 1. The summed E-state index contributed by atoms with van der Waals surface area (Å²) in [6, 6.07) is 4.11. The van der Waals surface area contributed by atoms with Crippen LogP contribution in [0.4, 0.5) is 0 Å². The monoisotopic (exact) mass is 260 g/mol. The summed E-state index contributed by atoms with van der Waals surface area (Å²) >= 11 is 0. The maximum atomic E-state index is 5.54. The highest BCUT2D eigenvalue weighted by Gasteiger charge is 2.39. The van der Waals surface area contributed by atoms with Gasteiger partial charge < -0.3 is 14.8 Å². The van der Waals surface area contributed by atoms with Crippen molar-refractivity contribution in [1.82, 2.24) is 14.7 Å². The van der Waals surface area contributed by atoms with Crippen LogP contribution in [0.2, 0.25) is 0 Å². The van der Waals surface area contributed by atoms with Crippen molar-refractivity contribution in [2.24, 2.45) is 5.73 Å². The molecule has 0 atom stereocenters. The Morgan fingerprint density at radius 2 is 1.95 bits per heavy atom. The Hall–Kier alpha value is -1.62. The van der Waals surface area contributed by atoms with E-state index in [1.54, 1.807) is 0 Å². The van der Waals surface area contributed by atoms with Gasteiger partial charge in [0.1, 0.15) is 5.54 Å². The minimum atomic E-state index is -0.127. The highest BCUT2D eigenvalue weighted by atomic mass is 16.5. The summed E-state index contributed by atoms with van der Waals surface area (Å²) in [7, 11) is 0. The predicted octanol–water partition coefficient (Wildman–Crippen LogP) is 2.08. The van der Waals surface area contributed by atoms with E-state index >= 15 is 0 Å². The molecule has 1 fully saturated rings. The van der Waals surface area contributed by atoms with Gasteiger partial charge in [-0.15, -0.1) is 0 Å². The molecule has 1 aliphatic carbocycles. The van der Waals surface area contributed by atoms with Gasteiger partial charge in [0, 0.05) is 25.4 Å². The Labute approximate surface area is 112 Å². The van der Waals surface area contributed by atoms with Crippen LogP contribution < -0.4 is 5.73 Å². The van der Waals surface area contributed by atoms with Crippen LogP contribution in [-0.2, 0) is 12.0 Å². The number of nitrogens with two attached hydrogens (primary N) is 1. The molecule has 3 rings (SSSR count). The molecule has 2 aromatic rings. The minimum absolute atomic E-state index is 0.127. The van der Waals surface area contributed by atoms with E-state index in [1.807, 2.05) is 0 Å². The first-order valence-electron chi connectivity index (χ1n) is 7.02. The zero-order valence-electron chi connectivity index (χ0n) is 11.1. The Bertz CT molecular complexity index is 511. The van der Waals surface area contributed by atoms with Gasteiger partial charge in [0.2, 0.25) is 5.89 Å². The van der Waals surface area contributed by atoms with E-state index in [0.29, 0.717) is 18.9 Å². The van der Waals surface area contributed by atoms with Crippen LogP contribution in [0.5, 0.6) is 0 Å². The third-order valence-corrected chi connectivity index (χ3v) is 4.02. The standard InChI is InChI=1S/C14H20N4O/c15-9-6-12-16-13(17-19-12)14(7-2-1-3-8-14)18-10-4-5-11-18/h4-5,10-11H,1-3,6-9,15H2. The van der Waals surface area contributed by atoms with Gasteiger partial charge in [-0.1, -0.05) is 24.4 Å². The van der Waals surface area contributed by atoms with Crippen LogP contribution in [0.3, 0.4) is 0 Å². The lowest BCUT2D eigenvalue weighted by molar-refractivity contribution is 0.224. The van der Waals surface area contributed by atoms with Gasteiger partial charge in [-0.2, -0.15) is 4.98 Å². The topological polar surface area (TPSA) is 69.9 Å². The number of rotatable bonds is 4. The van der Waals surface area contributed by atoms with E-state index in [9.17, 15) is 0 Å². The maximum Gasteiger partial charge on any atom is 0.228 e. The van der Waals surface area contributed by atoms with E-state index in [0.717, 1.165) is 18.7 Å². The molecule has 0 amide bonds. The summed E-state index contributed by atoms with van der Waals surface area (Å²) in [4.78, 5) is 4.57. The molecule has 0 unspecified atom stereocenters. The van der Waals surface area contributed by atoms with Gasteiger partial charge >= 0.3 is 0 Å². The summed E-state index contributed by atoms with van der Waals surface area (Å²) in [6.07, 6.45) is 10.7. The quantitative estimate of drug-likeness (QED) is 0.913. The van der Waals surface area contributed by atoms with Gasteiger partial charge in [0.05, 0.1) is 0 Å². The molecule has 1 aliphatic rings. The minimum Gasteiger partial charge on any atom is -0.341 e. The molecule has 5 heteroatoms. The van der Waals surface area contributed by atoms with Crippen LogP contribution in [0.1, 0.15) is 43.8 Å². The largest absolute Gasteiger partial charge is 0.341 e. The molecular formula is C14H20N4O. The van der Waals surface area contributed by atoms with Gasteiger partial charge in [-0.3, -0.25) is 0 Å². The first kappa shape index (κ1) is 12.4. The third-order valence-electron chi connectivity index (χ3n) is 4.02. The van der Waals surface area contributed by atoms with E-state index in [4.69, 9.17) is 10.3 Å². The molecule has 2 N–H and O–H groups in total. The molecular weight excluding hydrogens is 240 g/mol. The summed E-state index contributed by atoms with van der Waals surface area (Å²) in [6.45, 7) is 0.540. The first-order chi connectivity index (χ1) is 9.35. The Balaban J connectivity index is 1.98. The molecule has 5 nitrogen and oxygen atoms in total.